The third kappa shape index (κ3) is 5.89. The highest BCUT2D eigenvalue weighted by molar-refractivity contribution is 7.88. The summed E-state index contributed by atoms with van der Waals surface area (Å²) in [6.07, 6.45) is 0.208. The molecule has 1 N–H and O–H groups in total. The molecule has 1 amide bonds. The quantitative estimate of drug-likeness (QED) is 0.793. The highest BCUT2D eigenvalue weighted by atomic mass is 32.2. The topological polar surface area (TPSA) is 69.7 Å². The number of rotatable bonds is 7. The van der Waals surface area contributed by atoms with Crippen molar-refractivity contribution < 1.29 is 13.2 Å². The van der Waals surface area contributed by atoms with E-state index in [1.807, 2.05) is 36.1 Å². The zero-order valence-corrected chi connectivity index (χ0v) is 15.3. The zero-order chi connectivity index (χ0) is 17.6. The van der Waals surface area contributed by atoms with Crippen molar-refractivity contribution in [1.82, 2.24) is 14.5 Å². The molecule has 6 nitrogen and oxygen atoms in total. The van der Waals surface area contributed by atoms with Gasteiger partial charge >= 0.3 is 0 Å². The lowest BCUT2D eigenvalue weighted by molar-refractivity contribution is -0.132. The van der Waals surface area contributed by atoms with E-state index in [4.69, 9.17) is 0 Å². The second-order valence-corrected chi connectivity index (χ2v) is 8.01. The van der Waals surface area contributed by atoms with Crippen LogP contribution >= 0.6 is 0 Å². The minimum atomic E-state index is -3.42. The van der Waals surface area contributed by atoms with Crippen molar-refractivity contribution in [3.8, 4) is 0 Å². The fourth-order valence-corrected chi connectivity index (χ4v) is 3.89. The van der Waals surface area contributed by atoms with E-state index in [9.17, 15) is 13.2 Å². The van der Waals surface area contributed by atoms with E-state index in [-0.39, 0.29) is 24.6 Å². The van der Waals surface area contributed by atoms with Gasteiger partial charge in [-0.1, -0.05) is 36.8 Å². The number of amides is 1. The Hall–Kier alpha value is -1.44. The molecule has 0 spiro atoms. The Morgan fingerprint density at radius 1 is 1.12 bits per heavy atom. The number of hydrogen-bond acceptors (Lipinski definition) is 4. The van der Waals surface area contributed by atoms with Gasteiger partial charge in [-0.25, -0.2) is 13.1 Å². The first-order valence-corrected chi connectivity index (χ1v) is 10.1. The van der Waals surface area contributed by atoms with Crippen LogP contribution in [0.1, 0.15) is 24.5 Å². The molecule has 0 atom stereocenters. The van der Waals surface area contributed by atoms with Gasteiger partial charge in [0.15, 0.2) is 0 Å². The van der Waals surface area contributed by atoms with Gasteiger partial charge in [0.05, 0.1) is 5.75 Å². The minimum absolute atomic E-state index is 0.0174. The lowest BCUT2D eigenvalue weighted by Gasteiger charge is -2.34. The van der Waals surface area contributed by atoms with Crippen LogP contribution in [0.4, 0.5) is 0 Å². The fourth-order valence-electron chi connectivity index (χ4n) is 2.74. The average molecular weight is 353 g/mol. The van der Waals surface area contributed by atoms with E-state index >= 15 is 0 Å². The van der Waals surface area contributed by atoms with Gasteiger partial charge in [0.2, 0.25) is 15.9 Å². The molecule has 1 saturated heterocycles. The monoisotopic (exact) mass is 353 g/mol. The molecule has 1 aromatic carbocycles. The van der Waals surface area contributed by atoms with Gasteiger partial charge in [0.25, 0.3) is 0 Å². The molecular weight excluding hydrogens is 326 g/mol. The Kier molecular flexibility index (Phi) is 6.77. The molecule has 0 saturated carbocycles. The molecular formula is C17H27N3O3S. The number of carbonyl (C=O) groups excluding carboxylic acids is 1. The molecule has 1 heterocycles. The van der Waals surface area contributed by atoms with Crippen LogP contribution in [-0.2, 0) is 20.6 Å². The van der Waals surface area contributed by atoms with E-state index in [1.54, 1.807) is 0 Å². The predicted octanol–water partition coefficient (Wildman–Crippen LogP) is 0.969. The van der Waals surface area contributed by atoms with E-state index < -0.39 is 10.0 Å². The first-order chi connectivity index (χ1) is 11.4. The number of likely N-dealkylation sites (N-methyl/N-ethyl adjacent to an activating group) is 1. The lowest BCUT2D eigenvalue weighted by Crippen LogP contribution is -2.49. The first-order valence-electron chi connectivity index (χ1n) is 8.42. The van der Waals surface area contributed by atoms with Crippen molar-refractivity contribution in [2.24, 2.45) is 0 Å². The molecule has 7 heteroatoms. The Bertz CT molecular complexity index is 636. The average Bonchev–Trinajstić information content (AvgIpc) is 2.56. The number of aryl methyl sites for hydroxylation is 1. The maximum atomic E-state index is 12.1. The molecule has 1 aromatic rings. The van der Waals surface area contributed by atoms with Crippen LogP contribution < -0.4 is 4.72 Å². The summed E-state index contributed by atoms with van der Waals surface area (Å²) in [5.74, 6) is -0.0415. The Morgan fingerprint density at radius 3 is 2.33 bits per heavy atom. The van der Waals surface area contributed by atoms with Gasteiger partial charge in [0, 0.05) is 39.1 Å². The van der Waals surface area contributed by atoms with Gasteiger partial charge in [-0.3, -0.25) is 4.79 Å². The van der Waals surface area contributed by atoms with Gasteiger partial charge in [-0.15, -0.1) is 0 Å². The zero-order valence-electron chi connectivity index (χ0n) is 14.5. The van der Waals surface area contributed by atoms with Crippen molar-refractivity contribution >= 4 is 15.9 Å². The van der Waals surface area contributed by atoms with E-state index in [0.29, 0.717) is 0 Å². The van der Waals surface area contributed by atoms with Crippen LogP contribution in [-0.4, -0.2) is 63.4 Å². The summed E-state index contributed by atoms with van der Waals surface area (Å²) in [6.45, 7) is 8.46. The van der Waals surface area contributed by atoms with Crippen LogP contribution in [0.2, 0.25) is 0 Å². The molecule has 0 aliphatic carbocycles. The second kappa shape index (κ2) is 8.60. The van der Waals surface area contributed by atoms with Gasteiger partial charge in [0.1, 0.15) is 0 Å². The number of nitrogens with zero attached hydrogens (tertiary/aromatic N) is 2. The third-order valence-electron chi connectivity index (χ3n) is 4.31. The van der Waals surface area contributed by atoms with Crippen LogP contribution in [0.25, 0.3) is 0 Å². The maximum absolute atomic E-state index is 12.1. The molecule has 0 aromatic heterocycles. The molecule has 24 heavy (non-hydrogen) atoms. The Labute approximate surface area is 144 Å². The molecule has 0 radical (unpaired) electrons. The summed E-state index contributed by atoms with van der Waals surface area (Å²) in [6, 6.07) is 7.41. The van der Waals surface area contributed by atoms with Crippen LogP contribution in [0, 0.1) is 6.92 Å². The Balaban J connectivity index is 1.74. The van der Waals surface area contributed by atoms with Gasteiger partial charge in [-0.2, -0.15) is 0 Å². The smallest absolute Gasteiger partial charge is 0.223 e. The molecule has 2 rings (SSSR count). The van der Waals surface area contributed by atoms with Crippen molar-refractivity contribution in [2.75, 3.05) is 39.3 Å². The first kappa shape index (κ1) is 18.9. The standard InChI is InChI=1S/C17H27N3O3S/c1-3-19-10-12-20(13-11-19)17(21)8-9-18-24(22,23)14-16-6-4-15(2)5-7-16/h4-7,18H,3,8-14H2,1-2H3. The molecule has 134 valence electrons. The maximum Gasteiger partial charge on any atom is 0.223 e. The predicted molar refractivity (Wildman–Crippen MR) is 95.1 cm³/mol. The molecule has 1 aliphatic heterocycles. The second-order valence-electron chi connectivity index (χ2n) is 6.20. The number of sulfonamides is 1. The number of benzene rings is 1. The van der Waals surface area contributed by atoms with Crippen LogP contribution in [0.15, 0.2) is 24.3 Å². The van der Waals surface area contributed by atoms with Crippen LogP contribution in [0.3, 0.4) is 0 Å². The normalized spacial score (nSPS) is 16.3. The van der Waals surface area contributed by atoms with Crippen molar-refractivity contribution in [3.63, 3.8) is 0 Å². The number of hydrogen-bond donors (Lipinski definition) is 1. The summed E-state index contributed by atoms with van der Waals surface area (Å²) in [4.78, 5) is 16.3. The number of carbonyl (C=O) groups is 1. The summed E-state index contributed by atoms with van der Waals surface area (Å²) in [5, 5.41) is 0. The van der Waals surface area contributed by atoms with E-state index in [0.717, 1.165) is 43.9 Å². The highest BCUT2D eigenvalue weighted by Crippen LogP contribution is 2.07. The Morgan fingerprint density at radius 2 is 1.75 bits per heavy atom. The van der Waals surface area contributed by atoms with Crippen molar-refractivity contribution in [2.45, 2.75) is 26.0 Å². The summed E-state index contributed by atoms with van der Waals surface area (Å²) in [5.41, 5.74) is 1.84. The van der Waals surface area contributed by atoms with Gasteiger partial charge < -0.3 is 9.80 Å². The minimum Gasteiger partial charge on any atom is -0.340 e. The fraction of sp³-hybridized carbons (Fsp3) is 0.588. The molecule has 1 aliphatic rings. The van der Waals surface area contributed by atoms with E-state index in [1.165, 1.54) is 0 Å². The number of piperazine rings is 1. The van der Waals surface area contributed by atoms with Crippen molar-refractivity contribution in [1.29, 1.82) is 0 Å². The highest BCUT2D eigenvalue weighted by Gasteiger charge is 2.20. The van der Waals surface area contributed by atoms with E-state index in [2.05, 4.69) is 16.5 Å². The molecule has 1 fully saturated rings. The summed E-state index contributed by atoms with van der Waals surface area (Å²) in [7, 11) is -3.42. The summed E-state index contributed by atoms with van der Waals surface area (Å²) < 4.78 is 26.7. The third-order valence-corrected chi connectivity index (χ3v) is 5.67. The van der Waals surface area contributed by atoms with Crippen LogP contribution in [0.5, 0.6) is 0 Å². The number of nitrogens with one attached hydrogen (secondary N) is 1. The lowest BCUT2D eigenvalue weighted by atomic mass is 10.2. The van der Waals surface area contributed by atoms with Gasteiger partial charge in [-0.05, 0) is 19.0 Å². The summed E-state index contributed by atoms with van der Waals surface area (Å²) >= 11 is 0. The molecule has 0 unspecified atom stereocenters. The van der Waals surface area contributed by atoms with Crippen molar-refractivity contribution in [3.05, 3.63) is 35.4 Å². The largest absolute Gasteiger partial charge is 0.340 e. The molecule has 0 bridgehead atoms. The SMILES string of the molecule is CCN1CCN(C(=O)CCNS(=O)(=O)Cc2ccc(C)cc2)CC1.